The molecule has 0 aliphatic heterocycles. The molecular weight excluding hydrogens is 464 g/mol. The predicted molar refractivity (Wildman–Crippen MR) is 111 cm³/mol. The highest BCUT2D eigenvalue weighted by atomic mass is 32.2. The molecule has 0 fully saturated rings. The van der Waals surface area contributed by atoms with Gasteiger partial charge >= 0.3 is 6.18 Å². The number of hydrogen-bond donors (Lipinski definition) is 1. The molecule has 0 saturated heterocycles. The number of sulfonamides is 1. The van der Waals surface area contributed by atoms with Gasteiger partial charge in [-0.05, 0) is 61.9 Å². The molecule has 1 aromatic carbocycles. The summed E-state index contributed by atoms with van der Waals surface area (Å²) in [5.74, 6) is -0.0479. The van der Waals surface area contributed by atoms with Crippen LogP contribution in [0.1, 0.15) is 25.0 Å². The predicted octanol–water partition coefficient (Wildman–Crippen LogP) is 5.31. The number of alkyl halides is 4. The zero-order chi connectivity index (χ0) is 24.0. The molecule has 4 rings (SSSR count). The fourth-order valence-corrected chi connectivity index (χ4v) is 4.04. The summed E-state index contributed by atoms with van der Waals surface area (Å²) in [5.41, 5.74) is -2.81. The van der Waals surface area contributed by atoms with Crippen molar-refractivity contribution in [3.8, 4) is 11.5 Å². The molecular formula is C21H16F4N4O3S. The molecule has 0 unspecified atom stereocenters. The standard InChI is InChI=1S/C21H16F4N4O3S/c1-20(2,22)13-9-14(21(23,24)25)11-15(10-13)33(30,31)29-17-8-12(5-7-26-17)19-28-18-16(32-19)4-3-6-27-18/h3-11H,1-2H3,(H,26,29). The Morgan fingerprint density at radius 1 is 0.939 bits per heavy atom. The number of benzene rings is 1. The van der Waals surface area contributed by atoms with Crippen molar-refractivity contribution in [2.24, 2.45) is 0 Å². The molecule has 0 radical (unpaired) electrons. The van der Waals surface area contributed by atoms with Crippen LogP contribution in [0.4, 0.5) is 23.4 Å². The van der Waals surface area contributed by atoms with Gasteiger partial charge in [-0.3, -0.25) is 4.72 Å². The second kappa shape index (κ2) is 7.80. The first-order valence-corrected chi connectivity index (χ1v) is 10.9. The second-order valence-corrected chi connectivity index (χ2v) is 9.28. The Morgan fingerprint density at radius 2 is 1.67 bits per heavy atom. The van der Waals surface area contributed by atoms with E-state index in [-0.39, 0.29) is 11.7 Å². The van der Waals surface area contributed by atoms with Crippen LogP contribution in [0.5, 0.6) is 0 Å². The fourth-order valence-electron chi connectivity index (χ4n) is 2.97. The van der Waals surface area contributed by atoms with Crippen LogP contribution >= 0.6 is 0 Å². The maximum Gasteiger partial charge on any atom is 0.416 e. The first kappa shape index (κ1) is 22.6. The third-order valence-electron chi connectivity index (χ3n) is 4.64. The zero-order valence-corrected chi connectivity index (χ0v) is 18.0. The molecule has 0 aliphatic carbocycles. The summed E-state index contributed by atoms with van der Waals surface area (Å²) in [7, 11) is -4.54. The Balaban J connectivity index is 1.71. The topological polar surface area (TPSA) is 98.0 Å². The van der Waals surface area contributed by atoms with Crippen molar-refractivity contribution in [2.45, 2.75) is 30.6 Å². The van der Waals surface area contributed by atoms with Gasteiger partial charge in [-0.1, -0.05) is 0 Å². The van der Waals surface area contributed by atoms with E-state index in [9.17, 15) is 26.0 Å². The summed E-state index contributed by atoms with van der Waals surface area (Å²) >= 11 is 0. The summed E-state index contributed by atoms with van der Waals surface area (Å²) in [6, 6.07) is 8.00. The average molecular weight is 480 g/mol. The lowest BCUT2D eigenvalue weighted by Gasteiger charge is -2.19. The SMILES string of the molecule is CC(C)(F)c1cc(C(F)(F)F)cc(S(=O)(=O)Nc2cc(-c3nc4ncccc4o3)ccn2)c1. The number of anilines is 1. The van der Waals surface area contributed by atoms with E-state index >= 15 is 0 Å². The summed E-state index contributed by atoms with van der Waals surface area (Å²) in [6.45, 7) is 2.07. The molecule has 12 heteroatoms. The Morgan fingerprint density at radius 3 is 2.33 bits per heavy atom. The Bertz CT molecular complexity index is 1380. The van der Waals surface area contributed by atoms with Crippen LogP contribution in [-0.2, 0) is 21.9 Å². The highest BCUT2D eigenvalue weighted by Gasteiger charge is 2.35. The number of nitrogens with one attached hydrogen (secondary N) is 1. The largest absolute Gasteiger partial charge is 0.434 e. The van der Waals surface area contributed by atoms with Gasteiger partial charge in [0, 0.05) is 18.0 Å². The highest BCUT2D eigenvalue weighted by molar-refractivity contribution is 7.92. The van der Waals surface area contributed by atoms with E-state index in [1.807, 2.05) is 0 Å². The first-order chi connectivity index (χ1) is 15.3. The minimum Gasteiger partial charge on any atom is -0.434 e. The second-order valence-electron chi connectivity index (χ2n) is 7.60. The van der Waals surface area contributed by atoms with Gasteiger partial charge in [0.1, 0.15) is 11.5 Å². The first-order valence-electron chi connectivity index (χ1n) is 9.45. The number of aromatic nitrogens is 3. The lowest BCUT2D eigenvalue weighted by molar-refractivity contribution is -0.137. The van der Waals surface area contributed by atoms with Gasteiger partial charge in [-0.15, -0.1) is 0 Å². The zero-order valence-electron chi connectivity index (χ0n) is 17.2. The summed E-state index contributed by atoms with van der Waals surface area (Å²) < 4.78 is 87.7. The lowest BCUT2D eigenvalue weighted by Crippen LogP contribution is -2.18. The van der Waals surface area contributed by atoms with E-state index in [1.54, 1.807) is 12.1 Å². The number of halogens is 4. The van der Waals surface area contributed by atoms with E-state index < -0.39 is 37.9 Å². The van der Waals surface area contributed by atoms with Gasteiger partial charge in [0.05, 0.1) is 10.5 Å². The molecule has 0 bridgehead atoms. The molecule has 0 aliphatic rings. The van der Waals surface area contributed by atoms with Gasteiger partial charge in [0.2, 0.25) is 5.89 Å². The molecule has 0 spiro atoms. The minimum atomic E-state index is -4.87. The van der Waals surface area contributed by atoms with Gasteiger partial charge in [-0.25, -0.2) is 22.8 Å². The van der Waals surface area contributed by atoms with Crippen LogP contribution in [0.25, 0.3) is 22.7 Å². The van der Waals surface area contributed by atoms with Crippen LogP contribution < -0.4 is 4.72 Å². The molecule has 3 heterocycles. The quantitative estimate of drug-likeness (QED) is 0.389. The third-order valence-corrected chi connectivity index (χ3v) is 5.98. The van der Waals surface area contributed by atoms with Crippen LogP contribution in [0.2, 0.25) is 0 Å². The fraction of sp³-hybridized carbons (Fsp3) is 0.190. The maximum atomic E-state index is 14.4. The maximum absolute atomic E-state index is 14.4. The van der Waals surface area contributed by atoms with Gasteiger partial charge in [0.25, 0.3) is 10.0 Å². The van der Waals surface area contributed by atoms with E-state index in [1.165, 1.54) is 24.5 Å². The molecule has 3 aromatic heterocycles. The average Bonchev–Trinajstić information content (AvgIpc) is 3.16. The number of oxazole rings is 1. The Labute approximate surface area is 185 Å². The van der Waals surface area contributed by atoms with E-state index in [2.05, 4.69) is 19.7 Å². The van der Waals surface area contributed by atoms with Crippen molar-refractivity contribution in [1.29, 1.82) is 0 Å². The summed E-state index contributed by atoms with van der Waals surface area (Å²) in [6.07, 6.45) is -2.06. The van der Waals surface area contributed by atoms with Crippen molar-refractivity contribution in [3.05, 3.63) is 66.0 Å². The summed E-state index contributed by atoms with van der Waals surface area (Å²) in [5, 5.41) is 0. The van der Waals surface area contributed by atoms with Crippen molar-refractivity contribution >= 4 is 27.1 Å². The molecule has 33 heavy (non-hydrogen) atoms. The number of nitrogens with zero attached hydrogens (tertiary/aromatic N) is 3. The van der Waals surface area contributed by atoms with Gasteiger partial charge in [-0.2, -0.15) is 18.2 Å². The van der Waals surface area contributed by atoms with Crippen LogP contribution in [0.3, 0.4) is 0 Å². The van der Waals surface area contributed by atoms with Gasteiger partial charge in [0.15, 0.2) is 11.2 Å². The monoisotopic (exact) mass is 480 g/mol. The smallest absolute Gasteiger partial charge is 0.416 e. The van der Waals surface area contributed by atoms with Crippen LogP contribution in [0.15, 0.2) is 64.2 Å². The minimum absolute atomic E-state index is 0.145. The normalized spacial score (nSPS) is 12.8. The number of fused-ring (bicyclic) bond motifs is 1. The molecule has 0 amide bonds. The third kappa shape index (κ3) is 4.80. The van der Waals surface area contributed by atoms with E-state index in [0.717, 1.165) is 19.9 Å². The lowest BCUT2D eigenvalue weighted by atomic mass is 9.98. The van der Waals surface area contributed by atoms with Crippen LogP contribution in [0, 0.1) is 0 Å². The number of pyridine rings is 2. The van der Waals surface area contributed by atoms with E-state index in [0.29, 0.717) is 28.9 Å². The van der Waals surface area contributed by atoms with Crippen LogP contribution in [-0.4, -0.2) is 23.4 Å². The van der Waals surface area contributed by atoms with Crippen molar-refractivity contribution in [2.75, 3.05) is 4.72 Å². The molecule has 0 saturated carbocycles. The highest BCUT2D eigenvalue weighted by Crippen LogP contribution is 2.36. The van der Waals surface area contributed by atoms with E-state index in [4.69, 9.17) is 4.42 Å². The molecule has 1 N–H and O–H groups in total. The molecule has 7 nitrogen and oxygen atoms in total. The van der Waals surface area contributed by atoms with Gasteiger partial charge < -0.3 is 4.42 Å². The molecule has 4 aromatic rings. The summed E-state index contributed by atoms with van der Waals surface area (Å²) in [4.78, 5) is 11.4. The van der Waals surface area contributed by atoms with Crippen molar-refractivity contribution < 1.29 is 30.4 Å². The Kier molecular flexibility index (Phi) is 5.35. The molecule has 172 valence electrons. The van der Waals surface area contributed by atoms with Crippen molar-refractivity contribution in [1.82, 2.24) is 15.0 Å². The van der Waals surface area contributed by atoms with Crippen molar-refractivity contribution in [3.63, 3.8) is 0 Å². The Hall–Kier alpha value is -3.54. The number of hydrogen-bond acceptors (Lipinski definition) is 6. The molecule has 0 atom stereocenters. The number of rotatable bonds is 5.